The molecule has 1 aliphatic rings. The van der Waals surface area contributed by atoms with Crippen molar-refractivity contribution in [1.82, 2.24) is 9.80 Å². The van der Waals surface area contributed by atoms with Gasteiger partial charge in [0.15, 0.2) is 5.78 Å². The first-order chi connectivity index (χ1) is 9.29. The molecule has 1 fully saturated rings. The van der Waals surface area contributed by atoms with E-state index in [1.807, 2.05) is 19.1 Å². The fourth-order valence-electron chi connectivity index (χ4n) is 2.89. The summed E-state index contributed by atoms with van der Waals surface area (Å²) in [5, 5.41) is 0. The van der Waals surface area contributed by atoms with Crippen LogP contribution >= 0.6 is 0 Å². The van der Waals surface area contributed by atoms with Gasteiger partial charge in [-0.25, -0.2) is 0 Å². The van der Waals surface area contributed by atoms with Crippen molar-refractivity contribution in [1.29, 1.82) is 0 Å². The van der Waals surface area contributed by atoms with Gasteiger partial charge in [0.1, 0.15) is 0 Å². The summed E-state index contributed by atoms with van der Waals surface area (Å²) in [5.74, 6) is 0.239. The fraction of sp³-hybridized carbons (Fsp3) is 0.588. The molecule has 0 bridgehead atoms. The minimum absolute atomic E-state index is 0.140. The number of Topliss-reactive ketones (excluding diaryl/α,β-unsaturated/α-hetero) is 1. The monoisotopic (exact) mass is 274 g/mol. The van der Waals surface area contributed by atoms with Crippen LogP contribution in [0, 0.1) is 13.8 Å². The lowest BCUT2D eigenvalue weighted by atomic mass is 9.98. The first kappa shape index (κ1) is 15.2. The Hall–Kier alpha value is -1.19. The summed E-state index contributed by atoms with van der Waals surface area (Å²) in [6.45, 7) is 12.0. The van der Waals surface area contributed by atoms with Gasteiger partial charge in [-0.05, 0) is 40.3 Å². The predicted octanol–water partition coefficient (Wildman–Crippen LogP) is 2.51. The molecular weight excluding hydrogens is 248 g/mol. The molecular formula is C17H26N2O. The number of likely N-dealkylation sites (N-methyl/N-ethyl adjacent to an activating group) is 1. The number of benzene rings is 1. The highest BCUT2D eigenvalue weighted by Crippen LogP contribution is 2.19. The molecule has 1 heterocycles. The summed E-state index contributed by atoms with van der Waals surface area (Å²) in [6, 6.07) is 6.07. The summed E-state index contributed by atoms with van der Waals surface area (Å²) in [6.07, 6.45) is 0. The zero-order valence-electron chi connectivity index (χ0n) is 13.4. The summed E-state index contributed by atoms with van der Waals surface area (Å²) in [5.41, 5.74) is 3.30. The van der Waals surface area contributed by atoms with E-state index < -0.39 is 0 Å². The number of rotatable bonds is 3. The zero-order valence-corrected chi connectivity index (χ0v) is 13.4. The Morgan fingerprint density at radius 2 is 1.95 bits per heavy atom. The lowest BCUT2D eigenvalue weighted by molar-refractivity contribution is 0.0389. The number of nitrogens with zero attached hydrogens (tertiary/aromatic N) is 2. The minimum Gasteiger partial charge on any atom is -0.299 e. The van der Waals surface area contributed by atoms with Crippen LogP contribution in [-0.2, 0) is 0 Å². The van der Waals surface area contributed by atoms with Gasteiger partial charge in [0.05, 0.1) is 6.54 Å². The second kappa shape index (κ2) is 5.66. The molecule has 0 saturated carbocycles. The van der Waals surface area contributed by atoms with Crippen molar-refractivity contribution < 1.29 is 4.79 Å². The number of hydrogen-bond donors (Lipinski definition) is 0. The Bertz CT molecular complexity index is 508. The minimum atomic E-state index is 0.140. The van der Waals surface area contributed by atoms with Crippen molar-refractivity contribution in [2.45, 2.75) is 33.2 Å². The topological polar surface area (TPSA) is 23.6 Å². The van der Waals surface area contributed by atoms with E-state index in [0.717, 1.165) is 30.8 Å². The first-order valence-electron chi connectivity index (χ1n) is 7.33. The molecule has 3 nitrogen and oxygen atoms in total. The molecule has 0 unspecified atom stereocenters. The van der Waals surface area contributed by atoms with Crippen LogP contribution in [0.3, 0.4) is 0 Å². The van der Waals surface area contributed by atoms with Crippen molar-refractivity contribution in [3.63, 3.8) is 0 Å². The summed E-state index contributed by atoms with van der Waals surface area (Å²) in [4.78, 5) is 17.1. The largest absolute Gasteiger partial charge is 0.299 e. The molecule has 0 aliphatic carbocycles. The van der Waals surface area contributed by atoms with Crippen LogP contribution in [0.25, 0.3) is 0 Å². The van der Waals surface area contributed by atoms with E-state index in [-0.39, 0.29) is 11.3 Å². The summed E-state index contributed by atoms with van der Waals surface area (Å²) < 4.78 is 0. The van der Waals surface area contributed by atoms with Gasteiger partial charge in [0.2, 0.25) is 0 Å². The van der Waals surface area contributed by atoms with Crippen molar-refractivity contribution >= 4 is 5.78 Å². The smallest absolute Gasteiger partial charge is 0.177 e. The van der Waals surface area contributed by atoms with Gasteiger partial charge in [-0.1, -0.05) is 23.8 Å². The third-order valence-electron chi connectivity index (χ3n) is 4.45. The Labute approximate surface area is 122 Å². The molecule has 110 valence electrons. The Morgan fingerprint density at radius 3 is 2.55 bits per heavy atom. The predicted molar refractivity (Wildman–Crippen MR) is 83.4 cm³/mol. The number of ketones is 1. The fourth-order valence-corrected chi connectivity index (χ4v) is 2.89. The second-order valence-corrected chi connectivity index (χ2v) is 6.69. The van der Waals surface area contributed by atoms with E-state index in [9.17, 15) is 4.79 Å². The summed E-state index contributed by atoms with van der Waals surface area (Å²) in [7, 11) is 2.16. The number of carbonyl (C=O) groups excluding carboxylic acids is 1. The molecule has 1 aliphatic heterocycles. The van der Waals surface area contributed by atoms with Crippen LogP contribution in [0.1, 0.15) is 35.3 Å². The van der Waals surface area contributed by atoms with E-state index in [4.69, 9.17) is 0 Å². The van der Waals surface area contributed by atoms with Gasteiger partial charge in [-0.3, -0.25) is 14.6 Å². The maximum Gasteiger partial charge on any atom is 0.177 e. The highest BCUT2D eigenvalue weighted by molar-refractivity contribution is 5.99. The molecule has 0 aromatic heterocycles. The highest BCUT2D eigenvalue weighted by atomic mass is 16.1. The Balaban J connectivity index is 2.05. The normalized spacial score (nSPS) is 20.1. The molecule has 1 saturated heterocycles. The molecule has 1 aromatic carbocycles. The van der Waals surface area contributed by atoms with Gasteiger partial charge < -0.3 is 0 Å². The second-order valence-electron chi connectivity index (χ2n) is 6.69. The lowest BCUT2D eigenvalue weighted by Crippen LogP contribution is -2.58. The van der Waals surface area contributed by atoms with Crippen LogP contribution in [0.15, 0.2) is 18.2 Å². The third kappa shape index (κ3) is 3.28. The van der Waals surface area contributed by atoms with E-state index in [1.54, 1.807) is 0 Å². The van der Waals surface area contributed by atoms with Crippen LogP contribution in [0.2, 0.25) is 0 Å². The van der Waals surface area contributed by atoms with E-state index in [2.05, 4.69) is 43.7 Å². The number of carbonyl (C=O) groups is 1. The molecule has 0 N–H and O–H groups in total. The van der Waals surface area contributed by atoms with Gasteiger partial charge >= 0.3 is 0 Å². The Morgan fingerprint density at radius 1 is 1.25 bits per heavy atom. The lowest BCUT2D eigenvalue weighted by Gasteiger charge is -2.45. The van der Waals surface area contributed by atoms with Gasteiger partial charge in [-0.2, -0.15) is 0 Å². The molecule has 3 heteroatoms. The van der Waals surface area contributed by atoms with E-state index in [1.165, 1.54) is 5.56 Å². The maximum absolute atomic E-state index is 12.5. The number of aryl methyl sites for hydroxylation is 2. The van der Waals surface area contributed by atoms with Crippen LogP contribution in [0.4, 0.5) is 0 Å². The third-order valence-corrected chi connectivity index (χ3v) is 4.45. The average molecular weight is 274 g/mol. The SMILES string of the molecule is Cc1ccc(C(=O)CN2CCN(C)C(C)(C)C2)c(C)c1. The zero-order chi connectivity index (χ0) is 14.9. The van der Waals surface area contributed by atoms with Crippen molar-refractivity contribution in [2.75, 3.05) is 33.2 Å². The quantitative estimate of drug-likeness (QED) is 0.791. The molecule has 0 amide bonds. The average Bonchev–Trinajstić information content (AvgIpc) is 2.33. The van der Waals surface area contributed by atoms with Crippen LogP contribution < -0.4 is 0 Å². The van der Waals surface area contributed by atoms with Crippen molar-refractivity contribution in [3.05, 3.63) is 34.9 Å². The first-order valence-corrected chi connectivity index (χ1v) is 7.33. The maximum atomic E-state index is 12.5. The van der Waals surface area contributed by atoms with Crippen molar-refractivity contribution in [2.24, 2.45) is 0 Å². The van der Waals surface area contributed by atoms with Gasteiger partial charge in [-0.15, -0.1) is 0 Å². The van der Waals surface area contributed by atoms with E-state index in [0.29, 0.717) is 6.54 Å². The van der Waals surface area contributed by atoms with Crippen LogP contribution in [-0.4, -0.2) is 54.3 Å². The number of hydrogen-bond acceptors (Lipinski definition) is 3. The molecule has 1 aromatic rings. The van der Waals surface area contributed by atoms with E-state index >= 15 is 0 Å². The number of piperazine rings is 1. The molecule has 2 rings (SSSR count). The van der Waals surface area contributed by atoms with Gasteiger partial charge in [0.25, 0.3) is 0 Å². The highest BCUT2D eigenvalue weighted by Gasteiger charge is 2.31. The van der Waals surface area contributed by atoms with Crippen LogP contribution in [0.5, 0.6) is 0 Å². The molecule has 0 spiro atoms. The molecule has 0 atom stereocenters. The Kier molecular flexibility index (Phi) is 4.31. The van der Waals surface area contributed by atoms with Gasteiger partial charge in [0, 0.05) is 30.7 Å². The van der Waals surface area contributed by atoms with Crippen molar-refractivity contribution in [3.8, 4) is 0 Å². The molecule has 0 radical (unpaired) electrons. The summed E-state index contributed by atoms with van der Waals surface area (Å²) >= 11 is 0. The standard InChI is InChI=1S/C17H26N2O/c1-13-6-7-15(14(2)10-13)16(20)11-19-9-8-18(5)17(3,4)12-19/h6-7,10H,8-9,11-12H2,1-5H3. The molecule has 20 heavy (non-hydrogen) atoms.